The maximum absolute atomic E-state index is 5.88. The summed E-state index contributed by atoms with van der Waals surface area (Å²) in [5.74, 6) is 1.18. The first-order valence-electron chi connectivity index (χ1n) is 5.78. The highest BCUT2D eigenvalue weighted by atomic mass is 15.3. The van der Waals surface area contributed by atoms with Crippen molar-refractivity contribution < 1.29 is 0 Å². The van der Waals surface area contributed by atoms with E-state index in [4.69, 9.17) is 5.73 Å². The second-order valence-corrected chi connectivity index (χ2v) is 5.52. The summed E-state index contributed by atoms with van der Waals surface area (Å²) in [6, 6.07) is 0.244. The summed E-state index contributed by atoms with van der Waals surface area (Å²) in [4.78, 5) is 8.59. The van der Waals surface area contributed by atoms with Crippen LogP contribution in [0.2, 0.25) is 0 Å². The summed E-state index contributed by atoms with van der Waals surface area (Å²) in [7, 11) is 0. The smallest absolute Gasteiger partial charge is 0.163 e. The lowest BCUT2D eigenvalue weighted by Gasteiger charge is -2.27. The highest BCUT2D eigenvalue weighted by Gasteiger charge is 2.24. The maximum atomic E-state index is 5.88. The van der Waals surface area contributed by atoms with Crippen LogP contribution in [0.3, 0.4) is 0 Å². The van der Waals surface area contributed by atoms with E-state index in [0.29, 0.717) is 11.6 Å². The Bertz CT molecular complexity index is 550. The fraction of sp³-hybridized carbons (Fsp3) is 0.583. The first kappa shape index (κ1) is 11.8. The second kappa shape index (κ2) is 3.68. The third-order valence-corrected chi connectivity index (χ3v) is 3.22. The van der Waals surface area contributed by atoms with Crippen molar-refractivity contribution in [1.82, 2.24) is 19.7 Å². The van der Waals surface area contributed by atoms with E-state index in [1.807, 2.05) is 11.6 Å². The van der Waals surface area contributed by atoms with Crippen LogP contribution in [0.4, 0.5) is 5.82 Å². The molecule has 0 bridgehead atoms. The number of hydrogen-bond donors (Lipinski definition) is 1. The van der Waals surface area contributed by atoms with Crippen LogP contribution >= 0.6 is 0 Å². The van der Waals surface area contributed by atoms with E-state index < -0.39 is 0 Å². The Hall–Kier alpha value is -1.65. The Labute approximate surface area is 101 Å². The number of aromatic nitrogens is 4. The molecule has 17 heavy (non-hydrogen) atoms. The minimum atomic E-state index is 0.118. The van der Waals surface area contributed by atoms with E-state index in [2.05, 4.69) is 42.8 Å². The Morgan fingerprint density at radius 1 is 1.29 bits per heavy atom. The summed E-state index contributed by atoms with van der Waals surface area (Å²) in [6.07, 6.45) is 1.74. The van der Waals surface area contributed by atoms with Gasteiger partial charge in [-0.15, -0.1) is 0 Å². The quantitative estimate of drug-likeness (QED) is 0.820. The van der Waals surface area contributed by atoms with Gasteiger partial charge in [-0.1, -0.05) is 20.8 Å². The van der Waals surface area contributed by atoms with Gasteiger partial charge in [0.05, 0.1) is 17.6 Å². The van der Waals surface area contributed by atoms with Crippen molar-refractivity contribution in [2.24, 2.45) is 5.41 Å². The molecule has 0 amide bonds. The molecule has 0 aliphatic rings. The van der Waals surface area contributed by atoms with Gasteiger partial charge < -0.3 is 5.73 Å². The number of nitrogens with two attached hydrogens (primary N) is 1. The van der Waals surface area contributed by atoms with E-state index in [-0.39, 0.29) is 11.5 Å². The van der Waals surface area contributed by atoms with Gasteiger partial charge in [0.2, 0.25) is 0 Å². The predicted molar refractivity (Wildman–Crippen MR) is 68.6 cm³/mol. The van der Waals surface area contributed by atoms with Gasteiger partial charge in [-0.05, 0) is 19.3 Å². The number of anilines is 1. The molecule has 1 atom stereocenters. The lowest BCUT2D eigenvalue weighted by molar-refractivity contribution is 0.249. The van der Waals surface area contributed by atoms with Gasteiger partial charge in [-0.2, -0.15) is 5.10 Å². The molecule has 0 aliphatic carbocycles. The molecular formula is C12H19N5. The molecule has 2 N–H and O–H groups in total. The number of nitrogens with zero attached hydrogens (tertiary/aromatic N) is 4. The summed E-state index contributed by atoms with van der Waals surface area (Å²) >= 11 is 0. The highest BCUT2D eigenvalue weighted by Crippen LogP contribution is 2.32. The van der Waals surface area contributed by atoms with Gasteiger partial charge in [0, 0.05) is 0 Å². The van der Waals surface area contributed by atoms with Gasteiger partial charge in [0.15, 0.2) is 5.65 Å². The summed E-state index contributed by atoms with van der Waals surface area (Å²) in [5, 5.41) is 5.22. The number of nitrogen functional groups attached to an aromatic ring is 1. The van der Waals surface area contributed by atoms with Crippen LogP contribution in [0.25, 0.3) is 11.0 Å². The van der Waals surface area contributed by atoms with Crippen molar-refractivity contribution >= 4 is 16.9 Å². The fourth-order valence-electron chi connectivity index (χ4n) is 1.71. The van der Waals surface area contributed by atoms with Crippen molar-refractivity contribution in [3.05, 3.63) is 12.0 Å². The normalized spacial score (nSPS) is 14.2. The molecule has 92 valence electrons. The molecule has 0 radical (unpaired) electrons. The van der Waals surface area contributed by atoms with Crippen LogP contribution in [0.1, 0.15) is 39.6 Å². The zero-order valence-electron chi connectivity index (χ0n) is 11.0. The van der Waals surface area contributed by atoms with Crippen LogP contribution < -0.4 is 5.73 Å². The molecule has 0 aromatic carbocycles. The molecule has 0 fully saturated rings. The first-order valence-corrected chi connectivity index (χ1v) is 5.78. The van der Waals surface area contributed by atoms with E-state index in [0.717, 1.165) is 11.0 Å². The van der Waals surface area contributed by atoms with Crippen molar-refractivity contribution in [2.45, 2.75) is 40.7 Å². The zero-order chi connectivity index (χ0) is 12.8. The van der Waals surface area contributed by atoms with Crippen molar-refractivity contribution in [2.75, 3.05) is 5.73 Å². The molecule has 0 spiro atoms. The Morgan fingerprint density at radius 3 is 2.53 bits per heavy atom. The third-order valence-electron chi connectivity index (χ3n) is 3.22. The van der Waals surface area contributed by atoms with Gasteiger partial charge >= 0.3 is 0 Å². The largest absolute Gasteiger partial charge is 0.383 e. The molecular weight excluding hydrogens is 214 g/mol. The molecule has 0 aliphatic heterocycles. The van der Waals surface area contributed by atoms with Crippen LogP contribution in [0.5, 0.6) is 0 Å². The Morgan fingerprint density at radius 2 is 1.94 bits per heavy atom. The van der Waals surface area contributed by atoms with Crippen molar-refractivity contribution in [3.8, 4) is 0 Å². The van der Waals surface area contributed by atoms with E-state index in [9.17, 15) is 0 Å². The monoisotopic (exact) mass is 233 g/mol. The topological polar surface area (TPSA) is 69.6 Å². The van der Waals surface area contributed by atoms with Gasteiger partial charge in [-0.25, -0.2) is 14.6 Å². The van der Waals surface area contributed by atoms with Crippen molar-refractivity contribution in [3.63, 3.8) is 0 Å². The molecule has 2 rings (SSSR count). The highest BCUT2D eigenvalue weighted by molar-refractivity contribution is 5.85. The summed E-state index contributed by atoms with van der Waals surface area (Å²) in [5.41, 5.74) is 6.81. The second-order valence-electron chi connectivity index (χ2n) is 5.52. The van der Waals surface area contributed by atoms with Gasteiger partial charge in [0.25, 0.3) is 0 Å². The van der Waals surface area contributed by atoms with Gasteiger partial charge in [-0.3, -0.25) is 0 Å². The number of fused-ring (bicyclic) bond motifs is 1. The average Bonchev–Trinajstić information content (AvgIpc) is 2.58. The Kier molecular flexibility index (Phi) is 2.56. The van der Waals surface area contributed by atoms with E-state index >= 15 is 0 Å². The van der Waals surface area contributed by atoms with Crippen LogP contribution in [0, 0.1) is 12.3 Å². The lowest BCUT2D eigenvalue weighted by atomic mass is 9.88. The third kappa shape index (κ3) is 1.97. The predicted octanol–water partition coefficient (Wildman–Crippen LogP) is 2.32. The summed E-state index contributed by atoms with van der Waals surface area (Å²) < 4.78 is 1.93. The standard InChI is InChI=1S/C12H19N5/c1-7(12(3,4)5)17-11-9(6-14-17)10(13)15-8(2)16-11/h6-7H,1-5H3,(H2,13,15,16). The number of rotatable bonds is 1. The molecule has 5 nitrogen and oxygen atoms in total. The van der Waals surface area contributed by atoms with E-state index in [1.165, 1.54) is 0 Å². The van der Waals surface area contributed by atoms with Crippen LogP contribution in [-0.4, -0.2) is 19.7 Å². The molecule has 2 aromatic heterocycles. The molecule has 2 aromatic rings. The molecule has 2 heterocycles. The average molecular weight is 233 g/mol. The van der Waals surface area contributed by atoms with Gasteiger partial charge in [0.1, 0.15) is 11.6 Å². The lowest BCUT2D eigenvalue weighted by Crippen LogP contribution is -2.22. The molecule has 5 heteroatoms. The Balaban J connectivity index is 2.64. The molecule has 1 unspecified atom stereocenters. The fourth-order valence-corrected chi connectivity index (χ4v) is 1.71. The van der Waals surface area contributed by atoms with Crippen molar-refractivity contribution in [1.29, 1.82) is 0 Å². The minimum absolute atomic E-state index is 0.118. The van der Waals surface area contributed by atoms with Crippen LogP contribution in [0.15, 0.2) is 6.20 Å². The minimum Gasteiger partial charge on any atom is -0.383 e. The zero-order valence-corrected chi connectivity index (χ0v) is 11.0. The first-order chi connectivity index (χ1) is 7.80. The molecule has 0 saturated carbocycles. The molecule has 0 saturated heterocycles. The number of aryl methyl sites for hydroxylation is 1. The SMILES string of the molecule is Cc1nc(N)c2cnn(C(C)C(C)(C)C)c2n1. The number of hydrogen-bond acceptors (Lipinski definition) is 4. The van der Waals surface area contributed by atoms with Crippen LogP contribution in [-0.2, 0) is 0 Å². The maximum Gasteiger partial charge on any atom is 0.163 e. The van der Waals surface area contributed by atoms with E-state index in [1.54, 1.807) is 6.20 Å². The summed E-state index contributed by atoms with van der Waals surface area (Å²) in [6.45, 7) is 10.5.